The van der Waals surface area contributed by atoms with Crippen molar-refractivity contribution in [3.63, 3.8) is 0 Å². The molecule has 1 aromatic heterocycles. The summed E-state index contributed by atoms with van der Waals surface area (Å²) in [5, 5.41) is 0.606. The standard InChI is InChI=1S/C13H11BrClN3O/c14-7-1-2-10(15)8(5-7)13-17-11-3-4-19-6-9(11)12(16)18-13/h1-2,5H,3-4,6H2,(H2,16,17,18). The molecule has 0 aliphatic carbocycles. The zero-order chi connectivity index (χ0) is 13.4. The molecule has 1 aromatic carbocycles. The topological polar surface area (TPSA) is 61.0 Å². The number of nitrogens with two attached hydrogens (primary N) is 1. The van der Waals surface area contributed by atoms with Gasteiger partial charge in [-0.25, -0.2) is 9.97 Å². The normalized spacial score (nSPS) is 14.2. The molecule has 0 radical (unpaired) electrons. The fourth-order valence-electron chi connectivity index (χ4n) is 2.05. The van der Waals surface area contributed by atoms with E-state index in [4.69, 9.17) is 22.1 Å². The maximum absolute atomic E-state index is 6.20. The highest BCUT2D eigenvalue weighted by atomic mass is 79.9. The van der Waals surface area contributed by atoms with E-state index in [2.05, 4.69) is 25.9 Å². The van der Waals surface area contributed by atoms with Crippen molar-refractivity contribution in [1.29, 1.82) is 0 Å². The second-order valence-corrected chi connectivity index (χ2v) is 5.61. The molecule has 19 heavy (non-hydrogen) atoms. The lowest BCUT2D eigenvalue weighted by Gasteiger charge is -2.18. The Morgan fingerprint density at radius 1 is 1.32 bits per heavy atom. The van der Waals surface area contributed by atoms with Gasteiger partial charge in [-0.05, 0) is 18.2 Å². The van der Waals surface area contributed by atoms with Crippen molar-refractivity contribution in [3.8, 4) is 11.4 Å². The number of benzene rings is 1. The van der Waals surface area contributed by atoms with Gasteiger partial charge in [0.1, 0.15) is 5.82 Å². The van der Waals surface area contributed by atoms with Gasteiger partial charge in [0.2, 0.25) is 0 Å². The molecule has 0 bridgehead atoms. The van der Waals surface area contributed by atoms with Gasteiger partial charge in [0, 0.05) is 22.0 Å². The van der Waals surface area contributed by atoms with Crippen LogP contribution in [-0.4, -0.2) is 16.6 Å². The van der Waals surface area contributed by atoms with Gasteiger partial charge in [-0.15, -0.1) is 0 Å². The molecule has 0 amide bonds. The van der Waals surface area contributed by atoms with Crippen LogP contribution in [0, 0.1) is 0 Å². The molecule has 2 heterocycles. The summed E-state index contributed by atoms with van der Waals surface area (Å²) in [7, 11) is 0. The minimum Gasteiger partial charge on any atom is -0.383 e. The van der Waals surface area contributed by atoms with Crippen LogP contribution in [0.3, 0.4) is 0 Å². The second kappa shape index (κ2) is 5.07. The summed E-state index contributed by atoms with van der Waals surface area (Å²) in [6, 6.07) is 5.58. The molecule has 0 unspecified atom stereocenters. The van der Waals surface area contributed by atoms with Crippen molar-refractivity contribution in [2.24, 2.45) is 0 Å². The molecule has 3 rings (SSSR count). The molecule has 0 fully saturated rings. The molecule has 6 heteroatoms. The van der Waals surface area contributed by atoms with Gasteiger partial charge >= 0.3 is 0 Å². The minimum absolute atomic E-state index is 0.468. The summed E-state index contributed by atoms with van der Waals surface area (Å²) in [6.45, 7) is 1.14. The number of rotatable bonds is 1. The van der Waals surface area contributed by atoms with Crippen molar-refractivity contribution in [1.82, 2.24) is 9.97 Å². The van der Waals surface area contributed by atoms with E-state index in [1.165, 1.54) is 0 Å². The molecule has 2 N–H and O–H groups in total. The predicted octanol–water partition coefficient (Wildman–Crippen LogP) is 3.21. The van der Waals surface area contributed by atoms with Crippen LogP contribution in [0.25, 0.3) is 11.4 Å². The van der Waals surface area contributed by atoms with Crippen LogP contribution in [-0.2, 0) is 17.8 Å². The highest BCUT2D eigenvalue weighted by Gasteiger charge is 2.18. The van der Waals surface area contributed by atoms with Crippen LogP contribution in [0.5, 0.6) is 0 Å². The first-order chi connectivity index (χ1) is 9.15. The largest absolute Gasteiger partial charge is 0.383 e. The highest BCUT2D eigenvalue weighted by molar-refractivity contribution is 9.10. The Labute approximate surface area is 124 Å². The predicted molar refractivity (Wildman–Crippen MR) is 78.0 cm³/mol. The smallest absolute Gasteiger partial charge is 0.163 e. The minimum atomic E-state index is 0.468. The van der Waals surface area contributed by atoms with Crippen LogP contribution in [0.4, 0.5) is 5.82 Å². The van der Waals surface area contributed by atoms with Gasteiger partial charge in [0.05, 0.1) is 23.9 Å². The van der Waals surface area contributed by atoms with Gasteiger partial charge in [-0.2, -0.15) is 0 Å². The first-order valence-electron chi connectivity index (χ1n) is 5.83. The molecule has 1 aliphatic rings. The fourth-order valence-corrected chi connectivity index (χ4v) is 2.61. The number of nitrogen functional groups attached to an aromatic ring is 1. The molecule has 4 nitrogen and oxygen atoms in total. The van der Waals surface area contributed by atoms with Gasteiger partial charge in [-0.1, -0.05) is 27.5 Å². The van der Waals surface area contributed by atoms with Crippen molar-refractivity contribution < 1.29 is 4.74 Å². The number of ether oxygens (including phenoxy) is 1. The van der Waals surface area contributed by atoms with Gasteiger partial charge in [0.15, 0.2) is 5.82 Å². The number of aromatic nitrogens is 2. The summed E-state index contributed by atoms with van der Waals surface area (Å²) in [6.07, 6.45) is 0.751. The third-order valence-electron chi connectivity index (χ3n) is 3.02. The molecule has 0 saturated carbocycles. The average molecular weight is 341 g/mol. The third kappa shape index (κ3) is 2.45. The van der Waals surface area contributed by atoms with E-state index in [0.717, 1.165) is 27.7 Å². The van der Waals surface area contributed by atoms with Crippen LogP contribution < -0.4 is 5.73 Å². The lowest BCUT2D eigenvalue weighted by Crippen LogP contribution is -2.16. The summed E-state index contributed by atoms with van der Waals surface area (Å²) in [5.41, 5.74) is 8.60. The van der Waals surface area contributed by atoms with E-state index in [9.17, 15) is 0 Å². The van der Waals surface area contributed by atoms with E-state index in [1.54, 1.807) is 0 Å². The van der Waals surface area contributed by atoms with Gasteiger partial charge in [-0.3, -0.25) is 0 Å². The molecule has 98 valence electrons. The first kappa shape index (κ1) is 12.8. The molecular weight excluding hydrogens is 330 g/mol. The first-order valence-corrected chi connectivity index (χ1v) is 7.00. The number of hydrogen-bond donors (Lipinski definition) is 1. The number of nitrogens with zero attached hydrogens (tertiary/aromatic N) is 2. The van der Waals surface area contributed by atoms with E-state index in [-0.39, 0.29) is 0 Å². The molecule has 0 spiro atoms. The lowest BCUT2D eigenvalue weighted by atomic mass is 10.1. The van der Waals surface area contributed by atoms with E-state index >= 15 is 0 Å². The number of hydrogen-bond acceptors (Lipinski definition) is 4. The molecule has 2 aromatic rings. The quantitative estimate of drug-likeness (QED) is 0.866. The summed E-state index contributed by atoms with van der Waals surface area (Å²) >= 11 is 9.62. The van der Waals surface area contributed by atoms with Crippen LogP contribution in [0.15, 0.2) is 22.7 Å². The molecule has 0 saturated heterocycles. The third-order valence-corrected chi connectivity index (χ3v) is 3.85. The Balaban J connectivity index is 2.15. The highest BCUT2D eigenvalue weighted by Crippen LogP contribution is 2.31. The van der Waals surface area contributed by atoms with Crippen LogP contribution in [0.1, 0.15) is 11.3 Å². The van der Waals surface area contributed by atoms with Gasteiger partial charge in [0.25, 0.3) is 0 Å². The average Bonchev–Trinajstić information content (AvgIpc) is 2.41. The maximum Gasteiger partial charge on any atom is 0.163 e. The van der Waals surface area contributed by atoms with E-state index < -0.39 is 0 Å². The second-order valence-electron chi connectivity index (χ2n) is 4.28. The Kier molecular flexibility index (Phi) is 3.43. The lowest BCUT2D eigenvalue weighted by molar-refractivity contribution is 0.109. The molecule has 1 aliphatic heterocycles. The monoisotopic (exact) mass is 339 g/mol. The SMILES string of the molecule is Nc1nc(-c2cc(Br)ccc2Cl)nc2c1COCC2. The Morgan fingerprint density at radius 3 is 3.00 bits per heavy atom. The zero-order valence-corrected chi connectivity index (χ0v) is 12.3. The maximum atomic E-state index is 6.20. The van der Waals surface area contributed by atoms with Crippen LogP contribution in [0.2, 0.25) is 5.02 Å². The number of anilines is 1. The fraction of sp³-hybridized carbons (Fsp3) is 0.231. The van der Waals surface area contributed by atoms with Crippen molar-refractivity contribution in [2.45, 2.75) is 13.0 Å². The van der Waals surface area contributed by atoms with Crippen molar-refractivity contribution in [2.75, 3.05) is 12.3 Å². The summed E-state index contributed by atoms with van der Waals surface area (Å²) < 4.78 is 6.30. The Morgan fingerprint density at radius 2 is 2.16 bits per heavy atom. The van der Waals surface area contributed by atoms with Crippen molar-refractivity contribution in [3.05, 3.63) is 39.0 Å². The Bertz CT molecular complexity index is 648. The number of fused-ring (bicyclic) bond motifs is 1. The Hall–Kier alpha value is -1.17. The van der Waals surface area contributed by atoms with E-state index in [1.807, 2.05) is 18.2 Å². The van der Waals surface area contributed by atoms with Gasteiger partial charge < -0.3 is 10.5 Å². The zero-order valence-electron chi connectivity index (χ0n) is 9.99. The van der Waals surface area contributed by atoms with E-state index in [0.29, 0.717) is 29.9 Å². The molecular formula is C13H11BrClN3O. The van der Waals surface area contributed by atoms with Crippen LogP contribution >= 0.6 is 27.5 Å². The number of halogens is 2. The summed E-state index contributed by atoms with van der Waals surface area (Å²) in [4.78, 5) is 8.91. The molecule has 0 atom stereocenters. The summed E-state index contributed by atoms with van der Waals surface area (Å²) in [5.74, 6) is 1.03. The van der Waals surface area contributed by atoms with Crippen molar-refractivity contribution >= 4 is 33.3 Å².